The smallest absolute Gasteiger partial charge is 0.320 e. The number of carbonyl (C=O) groups is 1. The monoisotopic (exact) mass is 422 g/mol. The molecule has 1 N–H and O–H groups in total. The van der Waals surface area contributed by atoms with Crippen molar-refractivity contribution in [3.05, 3.63) is 65.9 Å². The highest BCUT2D eigenvalue weighted by atomic mass is 16.5. The summed E-state index contributed by atoms with van der Waals surface area (Å²) in [5, 5.41) is 13.5. The first-order valence-electron chi connectivity index (χ1n) is 10.4. The summed E-state index contributed by atoms with van der Waals surface area (Å²) in [6, 6.07) is 17.0. The van der Waals surface area contributed by atoms with Crippen molar-refractivity contribution in [3.8, 4) is 22.8 Å². The number of para-hydroxylation sites is 1. The fraction of sp³-hybridized carbons (Fsp3) is 0.333. The average molecular weight is 422 g/mol. The molecule has 2 heterocycles. The average Bonchev–Trinajstić information content (AvgIpc) is 3.45. The Labute approximate surface area is 181 Å². The number of aromatic nitrogens is 1. The van der Waals surface area contributed by atoms with Crippen LogP contribution in [0.25, 0.3) is 11.3 Å². The molecule has 1 aliphatic rings. The van der Waals surface area contributed by atoms with Gasteiger partial charge in [0.1, 0.15) is 29.0 Å². The van der Waals surface area contributed by atoms with Gasteiger partial charge in [-0.25, -0.2) is 0 Å². The Bertz CT molecular complexity index is 1010. The SMILES string of the molecule is COc1ccccc1-c1cc(CCOc2ccc(CN3CCC[C@@H]3C(=O)O)cc2)on1. The molecule has 4 rings (SSSR count). The number of benzene rings is 2. The fourth-order valence-corrected chi connectivity index (χ4v) is 3.90. The van der Waals surface area contributed by atoms with E-state index in [2.05, 4.69) is 5.16 Å². The molecule has 1 aliphatic heterocycles. The van der Waals surface area contributed by atoms with Crippen molar-refractivity contribution in [1.29, 1.82) is 0 Å². The molecule has 1 saturated heterocycles. The number of nitrogens with zero attached hydrogens (tertiary/aromatic N) is 2. The summed E-state index contributed by atoms with van der Waals surface area (Å²) in [4.78, 5) is 13.3. The van der Waals surface area contributed by atoms with Crippen LogP contribution in [0.4, 0.5) is 0 Å². The van der Waals surface area contributed by atoms with Crippen LogP contribution in [0.2, 0.25) is 0 Å². The Morgan fingerprint density at radius 3 is 2.81 bits per heavy atom. The number of carboxylic acids is 1. The van der Waals surface area contributed by atoms with Crippen molar-refractivity contribution in [2.24, 2.45) is 0 Å². The number of hydrogen-bond acceptors (Lipinski definition) is 6. The molecular weight excluding hydrogens is 396 g/mol. The van der Waals surface area contributed by atoms with E-state index in [1.807, 2.05) is 59.5 Å². The molecule has 1 fully saturated rings. The minimum atomic E-state index is -0.737. The first-order chi connectivity index (χ1) is 15.1. The van der Waals surface area contributed by atoms with Crippen LogP contribution in [0.1, 0.15) is 24.2 Å². The Morgan fingerprint density at radius 2 is 2.03 bits per heavy atom. The zero-order chi connectivity index (χ0) is 21.6. The first-order valence-corrected chi connectivity index (χ1v) is 10.4. The molecule has 1 aromatic heterocycles. The summed E-state index contributed by atoms with van der Waals surface area (Å²) in [6.07, 6.45) is 2.24. The van der Waals surface area contributed by atoms with Crippen LogP contribution in [-0.2, 0) is 17.8 Å². The van der Waals surface area contributed by atoms with Crippen LogP contribution >= 0.6 is 0 Å². The summed E-state index contributed by atoms with van der Waals surface area (Å²) in [7, 11) is 1.63. The van der Waals surface area contributed by atoms with Gasteiger partial charge in [0.25, 0.3) is 0 Å². The number of methoxy groups -OCH3 is 1. The van der Waals surface area contributed by atoms with Gasteiger partial charge in [0, 0.05) is 24.6 Å². The Balaban J connectivity index is 1.28. The van der Waals surface area contributed by atoms with Crippen molar-refractivity contribution in [2.45, 2.75) is 31.8 Å². The molecule has 1 atom stereocenters. The molecule has 7 heteroatoms. The lowest BCUT2D eigenvalue weighted by molar-refractivity contribution is -0.142. The molecule has 0 bridgehead atoms. The summed E-state index contributed by atoms with van der Waals surface area (Å²) in [5.74, 6) is 1.52. The van der Waals surface area contributed by atoms with Crippen LogP contribution in [0.3, 0.4) is 0 Å². The highest BCUT2D eigenvalue weighted by Gasteiger charge is 2.30. The first kappa shape index (κ1) is 20.9. The lowest BCUT2D eigenvalue weighted by atomic mass is 10.1. The van der Waals surface area contributed by atoms with Crippen LogP contribution in [0.15, 0.2) is 59.1 Å². The number of hydrogen-bond donors (Lipinski definition) is 1. The van der Waals surface area contributed by atoms with Gasteiger partial charge >= 0.3 is 5.97 Å². The third-order valence-electron chi connectivity index (χ3n) is 5.52. The predicted molar refractivity (Wildman–Crippen MR) is 115 cm³/mol. The molecule has 0 spiro atoms. The third-order valence-corrected chi connectivity index (χ3v) is 5.52. The molecule has 0 saturated carbocycles. The fourth-order valence-electron chi connectivity index (χ4n) is 3.90. The Kier molecular flexibility index (Phi) is 6.52. The molecule has 162 valence electrons. The molecule has 31 heavy (non-hydrogen) atoms. The van der Waals surface area contributed by atoms with Gasteiger partial charge in [-0.2, -0.15) is 0 Å². The van der Waals surface area contributed by atoms with Crippen molar-refractivity contribution < 1.29 is 23.9 Å². The largest absolute Gasteiger partial charge is 0.496 e. The minimum Gasteiger partial charge on any atom is -0.496 e. The van der Waals surface area contributed by atoms with Crippen molar-refractivity contribution in [3.63, 3.8) is 0 Å². The Morgan fingerprint density at radius 1 is 1.23 bits per heavy atom. The highest BCUT2D eigenvalue weighted by Crippen LogP contribution is 2.29. The third kappa shape index (κ3) is 5.06. The summed E-state index contributed by atoms with van der Waals surface area (Å²) in [6.45, 7) is 1.93. The molecule has 0 radical (unpaired) electrons. The van der Waals surface area contributed by atoms with E-state index in [9.17, 15) is 9.90 Å². The molecule has 0 amide bonds. The quantitative estimate of drug-likeness (QED) is 0.557. The van der Waals surface area contributed by atoms with E-state index in [4.69, 9.17) is 14.0 Å². The van der Waals surface area contributed by atoms with Crippen molar-refractivity contribution in [1.82, 2.24) is 10.1 Å². The second-order valence-corrected chi connectivity index (χ2v) is 7.59. The predicted octanol–water partition coefficient (Wildman–Crippen LogP) is 4.02. The van der Waals surface area contributed by atoms with E-state index < -0.39 is 5.97 Å². The van der Waals surface area contributed by atoms with Gasteiger partial charge in [-0.3, -0.25) is 9.69 Å². The van der Waals surface area contributed by atoms with Gasteiger partial charge < -0.3 is 19.1 Å². The highest BCUT2D eigenvalue weighted by molar-refractivity contribution is 5.73. The van der Waals surface area contributed by atoms with Gasteiger partial charge in [-0.05, 0) is 49.2 Å². The number of carboxylic acid groups (broad SMARTS) is 1. The number of ether oxygens (including phenoxy) is 2. The van der Waals surface area contributed by atoms with Gasteiger partial charge in [0.15, 0.2) is 0 Å². The second-order valence-electron chi connectivity index (χ2n) is 7.59. The van der Waals surface area contributed by atoms with E-state index in [0.717, 1.165) is 53.5 Å². The molecule has 0 unspecified atom stereocenters. The molecule has 3 aromatic rings. The molecule has 2 aromatic carbocycles. The van der Waals surface area contributed by atoms with Crippen molar-refractivity contribution >= 4 is 5.97 Å². The summed E-state index contributed by atoms with van der Waals surface area (Å²) in [5.41, 5.74) is 2.70. The number of rotatable bonds is 9. The molecule has 7 nitrogen and oxygen atoms in total. The van der Waals surface area contributed by atoms with Crippen molar-refractivity contribution in [2.75, 3.05) is 20.3 Å². The van der Waals surface area contributed by atoms with Gasteiger partial charge in [-0.1, -0.05) is 29.4 Å². The van der Waals surface area contributed by atoms with Crippen LogP contribution < -0.4 is 9.47 Å². The zero-order valence-corrected chi connectivity index (χ0v) is 17.5. The number of aliphatic carboxylic acids is 1. The maximum Gasteiger partial charge on any atom is 0.320 e. The minimum absolute atomic E-state index is 0.376. The normalized spacial score (nSPS) is 16.4. The zero-order valence-electron chi connectivity index (χ0n) is 17.5. The van der Waals surface area contributed by atoms with E-state index in [1.165, 1.54) is 0 Å². The van der Waals surface area contributed by atoms with Gasteiger partial charge in [-0.15, -0.1) is 0 Å². The van der Waals surface area contributed by atoms with Gasteiger partial charge in [0.05, 0.1) is 13.7 Å². The molecule has 0 aliphatic carbocycles. The second kappa shape index (κ2) is 9.66. The van der Waals surface area contributed by atoms with Gasteiger partial charge in [0.2, 0.25) is 0 Å². The lowest BCUT2D eigenvalue weighted by Gasteiger charge is -2.21. The number of likely N-dealkylation sites (tertiary alicyclic amines) is 1. The Hall–Kier alpha value is -3.32. The van der Waals surface area contributed by atoms with Crippen LogP contribution in [0, 0.1) is 0 Å². The summed E-state index contributed by atoms with van der Waals surface area (Å²) < 4.78 is 16.7. The topological polar surface area (TPSA) is 85.0 Å². The van der Waals surface area contributed by atoms with E-state index in [-0.39, 0.29) is 6.04 Å². The lowest BCUT2D eigenvalue weighted by Crippen LogP contribution is -2.35. The maximum atomic E-state index is 11.3. The van der Waals surface area contributed by atoms with Crippen LogP contribution in [-0.4, -0.2) is 47.4 Å². The standard InChI is InChI=1S/C24H26N2O5/c1-29-23-7-3-2-5-20(23)21-15-19(31-25-21)12-14-30-18-10-8-17(9-11-18)16-26-13-4-6-22(26)24(27)28/h2-3,5,7-11,15,22H,4,6,12-14,16H2,1H3,(H,27,28)/t22-/m1/s1. The summed E-state index contributed by atoms with van der Waals surface area (Å²) >= 11 is 0. The van der Waals surface area contributed by atoms with E-state index in [0.29, 0.717) is 19.6 Å². The van der Waals surface area contributed by atoms with E-state index >= 15 is 0 Å². The molecular formula is C24H26N2O5. The van der Waals surface area contributed by atoms with E-state index in [1.54, 1.807) is 7.11 Å². The van der Waals surface area contributed by atoms with Crippen LogP contribution in [0.5, 0.6) is 11.5 Å². The maximum absolute atomic E-state index is 11.3.